The number of ether oxygens (including phenoxy) is 1. The third-order valence-corrected chi connectivity index (χ3v) is 5.19. The molecular formula is C20H19ClN2O5S. The van der Waals surface area contributed by atoms with Gasteiger partial charge in [0.2, 0.25) is 10.0 Å². The molecule has 1 heterocycles. The molecule has 152 valence electrons. The summed E-state index contributed by atoms with van der Waals surface area (Å²) < 4.78 is 29.7. The lowest BCUT2D eigenvalue weighted by Gasteiger charge is -2.06. The van der Waals surface area contributed by atoms with Gasteiger partial charge in [-0.3, -0.25) is 14.3 Å². The molecule has 7 nitrogen and oxygen atoms in total. The summed E-state index contributed by atoms with van der Waals surface area (Å²) in [6.45, 7) is 0. The third kappa shape index (κ3) is 5.16. The largest absolute Gasteiger partial charge is 0.469 e. The van der Waals surface area contributed by atoms with Crippen LogP contribution in [0.3, 0.4) is 0 Å². The number of H-pyrrole nitrogens is 1. The smallest absolute Gasteiger partial charge is 0.310 e. The molecule has 2 aromatic carbocycles. The van der Waals surface area contributed by atoms with E-state index in [0.29, 0.717) is 27.5 Å². The monoisotopic (exact) mass is 434 g/mol. The molecule has 0 amide bonds. The Morgan fingerprint density at radius 3 is 2.41 bits per heavy atom. The highest BCUT2D eigenvalue weighted by molar-refractivity contribution is 7.92. The molecule has 9 heteroatoms. The number of hydrogen-bond donors (Lipinski definition) is 2. The molecule has 0 aliphatic heterocycles. The van der Waals surface area contributed by atoms with Gasteiger partial charge < -0.3 is 9.72 Å². The number of ketones is 1. The zero-order valence-electron chi connectivity index (χ0n) is 15.8. The zero-order valence-corrected chi connectivity index (χ0v) is 17.4. The fourth-order valence-corrected chi connectivity index (χ4v) is 3.79. The Bertz CT molecular complexity index is 1180. The van der Waals surface area contributed by atoms with Crippen LogP contribution in [0.5, 0.6) is 0 Å². The van der Waals surface area contributed by atoms with E-state index >= 15 is 0 Å². The maximum Gasteiger partial charge on any atom is 0.310 e. The van der Waals surface area contributed by atoms with E-state index in [-0.39, 0.29) is 18.6 Å². The SMILES string of the molecule is COC(=O)Cc1c(CC(=O)c2ccc(NS(C)(=O)=O)cc2)[nH]c2cc(Cl)ccc12. The Hall–Kier alpha value is -2.84. The summed E-state index contributed by atoms with van der Waals surface area (Å²) in [7, 11) is -2.08. The molecule has 3 rings (SSSR count). The molecule has 0 unspecified atom stereocenters. The van der Waals surface area contributed by atoms with E-state index in [4.69, 9.17) is 16.3 Å². The van der Waals surface area contributed by atoms with Crippen LogP contribution in [0, 0.1) is 0 Å². The maximum atomic E-state index is 12.8. The van der Waals surface area contributed by atoms with Gasteiger partial charge in [-0.05, 0) is 42.0 Å². The van der Waals surface area contributed by atoms with Gasteiger partial charge in [0.15, 0.2) is 5.78 Å². The molecule has 0 aliphatic rings. The van der Waals surface area contributed by atoms with Crippen LogP contribution >= 0.6 is 11.6 Å². The fourth-order valence-electron chi connectivity index (χ4n) is 3.05. The molecular weight excluding hydrogens is 416 g/mol. The molecule has 0 spiro atoms. The van der Waals surface area contributed by atoms with Gasteiger partial charge in [0, 0.05) is 32.9 Å². The molecule has 29 heavy (non-hydrogen) atoms. The minimum absolute atomic E-state index is 0.0258. The van der Waals surface area contributed by atoms with Crippen molar-refractivity contribution >= 4 is 50.0 Å². The number of nitrogens with one attached hydrogen (secondary N) is 2. The molecule has 0 radical (unpaired) electrons. The number of aromatic amines is 1. The van der Waals surface area contributed by atoms with E-state index in [1.54, 1.807) is 30.3 Å². The number of methoxy groups -OCH3 is 1. The summed E-state index contributed by atoms with van der Waals surface area (Å²) in [5, 5.41) is 1.34. The minimum Gasteiger partial charge on any atom is -0.469 e. The van der Waals surface area contributed by atoms with E-state index in [2.05, 4.69) is 9.71 Å². The molecule has 2 N–H and O–H groups in total. The second kappa shape index (κ2) is 8.26. The zero-order chi connectivity index (χ0) is 21.2. The molecule has 1 aromatic heterocycles. The van der Waals surface area contributed by atoms with E-state index < -0.39 is 16.0 Å². The van der Waals surface area contributed by atoms with Gasteiger partial charge >= 0.3 is 5.97 Å². The minimum atomic E-state index is -3.39. The molecule has 0 fully saturated rings. The maximum absolute atomic E-state index is 12.8. The Balaban J connectivity index is 1.89. The van der Waals surface area contributed by atoms with E-state index in [1.165, 1.54) is 19.2 Å². The first-order valence-corrected chi connectivity index (χ1v) is 10.9. The number of halogens is 1. The van der Waals surface area contributed by atoms with Crippen molar-refractivity contribution in [3.63, 3.8) is 0 Å². The topological polar surface area (TPSA) is 105 Å². The van der Waals surface area contributed by atoms with Crippen LogP contribution < -0.4 is 4.72 Å². The van der Waals surface area contributed by atoms with Crippen LogP contribution in [0.25, 0.3) is 10.9 Å². The van der Waals surface area contributed by atoms with Gasteiger partial charge in [-0.15, -0.1) is 0 Å². The lowest BCUT2D eigenvalue weighted by atomic mass is 10.0. The normalized spacial score (nSPS) is 11.4. The standard InChI is InChI=1S/C20H19ClN2O5S/c1-28-20(25)10-16-15-8-5-13(21)9-17(15)22-18(16)11-19(24)12-3-6-14(7-4-12)23-29(2,26)27/h3-9,22-23H,10-11H2,1-2H3. The first-order valence-electron chi connectivity index (χ1n) is 8.63. The highest BCUT2D eigenvalue weighted by Crippen LogP contribution is 2.27. The average molecular weight is 435 g/mol. The van der Waals surface area contributed by atoms with Crippen LogP contribution in [0.15, 0.2) is 42.5 Å². The van der Waals surface area contributed by atoms with Gasteiger partial charge in [0.25, 0.3) is 0 Å². The first kappa shape index (κ1) is 20.9. The number of Topliss-reactive ketones (excluding diaryl/α,β-unsaturated/α-hetero) is 1. The van der Waals surface area contributed by atoms with Crippen molar-refractivity contribution in [2.75, 3.05) is 18.1 Å². The van der Waals surface area contributed by atoms with Gasteiger partial charge in [0.1, 0.15) is 0 Å². The van der Waals surface area contributed by atoms with Crippen molar-refractivity contribution in [3.05, 3.63) is 64.3 Å². The first-order chi connectivity index (χ1) is 13.7. The highest BCUT2D eigenvalue weighted by Gasteiger charge is 2.18. The third-order valence-electron chi connectivity index (χ3n) is 4.35. The number of carbonyl (C=O) groups excluding carboxylic acids is 2. The lowest BCUT2D eigenvalue weighted by Crippen LogP contribution is -2.11. The van der Waals surface area contributed by atoms with Crippen LogP contribution in [0.4, 0.5) is 5.69 Å². The number of hydrogen-bond acceptors (Lipinski definition) is 5. The summed E-state index contributed by atoms with van der Waals surface area (Å²) in [5.74, 6) is -0.592. The highest BCUT2D eigenvalue weighted by atomic mass is 35.5. The molecule has 0 saturated heterocycles. The Labute approximate surface area is 173 Å². The van der Waals surface area contributed by atoms with Crippen molar-refractivity contribution in [1.82, 2.24) is 4.98 Å². The van der Waals surface area contributed by atoms with Crippen LogP contribution in [0.2, 0.25) is 5.02 Å². The predicted molar refractivity (Wildman–Crippen MR) is 112 cm³/mol. The molecule has 0 saturated carbocycles. The quantitative estimate of drug-likeness (QED) is 0.438. The summed E-state index contributed by atoms with van der Waals surface area (Å²) >= 11 is 6.05. The summed E-state index contributed by atoms with van der Waals surface area (Å²) in [6, 6.07) is 11.4. The second-order valence-electron chi connectivity index (χ2n) is 6.58. The van der Waals surface area contributed by atoms with Crippen LogP contribution in [-0.4, -0.2) is 38.5 Å². The number of esters is 1. The van der Waals surface area contributed by atoms with Crippen molar-refractivity contribution in [2.45, 2.75) is 12.8 Å². The van der Waals surface area contributed by atoms with Crippen molar-refractivity contribution in [2.24, 2.45) is 0 Å². The Morgan fingerprint density at radius 2 is 1.79 bits per heavy atom. The lowest BCUT2D eigenvalue weighted by molar-refractivity contribution is -0.139. The van der Waals surface area contributed by atoms with Gasteiger partial charge in [-0.1, -0.05) is 17.7 Å². The summed E-state index contributed by atoms with van der Waals surface area (Å²) in [4.78, 5) is 27.8. The number of aromatic nitrogens is 1. The summed E-state index contributed by atoms with van der Waals surface area (Å²) in [5.41, 5.74) is 2.82. The number of carbonyl (C=O) groups is 2. The van der Waals surface area contributed by atoms with E-state index in [0.717, 1.165) is 17.2 Å². The van der Waals surface area contributed by atoms with Crippen molar-refractivity contribution < 1.29 is 22.7 Å². The number of fused-ring (bicyclic) bond motifs is 1. The Morgan fingerprint density at radius 1 is 1.10 bits per heavy atom. The molecule has 0 bridgehead atoms. The number of sulfonamides is 1. The second-order valence-corrected chi connectivity index (χ2v) is 8.76. The molecule has 3 aromatic rings. The van der Waals surface area contributed by atoms with Crippen molar-refractivity contribution in [1.29, 1.82) is 0 Å². The number of anilines is 1. The van der Waals surface area contributed by atoms with Crippen LogP contribution in [0.1, 0.15) is 21.6 Å². The van der Waals surface area contributed by atoms with E-state index in [9.17, 15) is 18.0 Å². The van der Waals surface area contributed by atoms with Gasteiger partial charge in [-0.2, -0.15) is 0 Å². The fraction of sp³-hybridized carbons (Fsp3) is 0.200. The van der Waals surface area contributed by atoms with Gasteiger partial charge in [0.05, 0.1) is 26.2 Å². The summed E-state index contributed by atoms with van der Waals surface area (Å²) in [6.07, 6.45) is 1.12. The molecule has 0 atom stereocenters. The van der Waals surface area contributed by atoms with E-state index in [1.807, 2.05) is 0 Å². The number of benzene rings is 2. The molecule has 0 aliphatic carbocycles. The van der Waals surface area contributed by atoms with Crippen LogP contribution in [-0.2, 0) is 32.4 Å². The average Bonchev–Trinajstić information content (AvgIpc) is 2.96. The number of rotatable bonds is 7. The van der Waals surface area contributed by atoms with Crippen molar-refractivity contribution in [3.8, 4) is 0 Å². The predicted octanol–water partition coefficient (Wildman–Crippen LogP) is 3.33. The van der Waals surface area contributed by atoms with Gasteiger partial charge in [-0.25, -0.2) is 8.42 Å². The Kier molecular flexibility index (Phi) is 5.95.